The average Bonchev–Trinajstić information content (AvgIpc) is 2.65. The van der Waals surface area contributed by atoms with Gasteiger partial charge in [0.15, 0.2) is 0 Å². The van der Waals surface area contributed by atoms with E-state index in [-0.39, 0.29) is 11.9 Å². The summed E-state index contributed by atoms with van der Waals surface area (Å²) in [5.74, 6) is -0.760. The molecule has 21 heavy (non-hydrogen) atoms. The van der Waals surface area contributed by atoms with Crippen LogP contribution in [0.15, 0.2) is 6.07 Å². The molecule has 1 atom stereocenters. The largest absolute Gasteiger partial charge is 0.331 e. The van der Waals surface area contributed by atoms with Crippen molar-refractivity contribution in [2.75, 3.05) is 0 Å². The highest BCUT2D eigenvalue weighted by Crippen LogP contribution is 2.46. The zero-order valence-electron chi connectivity index (χ0n) is 12.4. The highest BCUT2D eigenvalue weighted by molar-refractivity contribution is 7.12. The molecular formula is C15H18N2O3S. The number of amides is 4. The van der Waals surface area contributed by atoms with Gasteiger partial charge in [0, 0.05) is 9.75 Å². The van der Waals surface area contributed by atoms with Gasteiger partial charge in [0.05, 0.1) is 6.04 Å². The van der Waals surface area contributed by atoms with Gasteiger partial charge in [-0.2, -0.15) is 0 Å². The van der Waals surface area contributed by atoms with E-state index in [1.807, 2.05) is 26.8 Å². The van der Waals surface area contributed by atoms with E-state index in [1.54, 1.807) is 11.3 Å². The van der Waals surface area contributed by atoms with Gasteiger partial charge >= 0.3 is 6.03 Å². The van der Waals surface area contributed by atoms with E-state index in [2.05, 4.69) is 5.32 Å². The number of nitrogens with one attached hydrogen (secondary N) is 1. The van der Waals surface area contributed by atoms with Gasteiger partial charge in [0.25, 0.3) is 0 Å². The van der Waals surface area contributed by atoms with Crippen LogP contribution < -0.4 is 5.32 Å². The predicted octanol–water partition coefficient (Wildman–Crippen LogP) is 2.67. The second kappa shape index (κ2) is 4.66. The molecule has 1 spiro atoms. The Labute approximate surface area is 127 Å². The van der Waals surface area contributed by atoms with Crippen LogP contribution >= 0.6 is 11.3 Å². The smallest absolute Gasteiger partial charge is 0.277 e. The van der Waals surface area contributed by atoms with Crippen LogP contribution in [0.25, 0.3) is 0 Å². The van der Waals surface area contributed by atoms with Crippen molar-refractivity contribution >= 4 is 29.2 Å². The molecule has 2 heterocycles. The fourth-order valence-electron chi connectivity index (χ4n) is 3.22. The molecule has 1 saturated heterocycles. The number of nitrogens with zero attached hydrogens (tertiary/aromatic N) is 1. The summed E-state index contributed by atoms with van der Waals surface area (Å²) in [4.78, 5) is 40.4. The average molecular weight is 306 g/mol. The summed E-state index contributed by atoms with van der Waals surface area (Å²) in [6.07, 6.45) is 1.93. The summed E-state index contributed by atoms with van der Waals surface area (Å²) >= 11 is 1.65. The normalized spacial score (nSPS) is 22.2. The van der Waals surface area contributed by atoms with Gasteiger partial charge in [0.2, 0.25) is 11.8 Å². The lowest BCUT2D eigenvalue weighted by Crippen LogP contribution is -2.66. The number of hydrogen-bond acceptors (Lipinski definition) is 4. The first-order valence-electron chi connectivity index (χ1n) is 7.13. The van der Waals surface area contributed by atoms with Crippen molar-refractivity contribution in [3.8, 4) is 0 Å². The summed E-state index contributed by atoms with van der Waals surface area (Å²) in [6, 6.07) is 1.06. The maximum atomic E-state index is 12.7. The Morgan fingerprint density at radius 3 is 2.43 bits per heavy atom. The van der Waals surface area contributed by atoms with Crippen LogP contribution in [0.4, 0.5) is 4.79 Å². The Balaban J connectivity index is 1.96. The van der Waals surface area contributed by atoms with E-state index in [1.165, 1.54) is 4.90 Å². The van der Waals surface area contributed by atoms with Crippen molar-refractivity contribution in [1.82, 2.24) is 10.2 Å². The first-order valence-corrected chi connectivity index (χ1v) is 7.94. The number of rotatable bonds is 2. The lowest BCUT2D eigenvalue weighted by molar-refractivity contribution is -0.159. The standard InChI is InChI=1S/C15H18N2O3S/c1-8-7-11(10(3)21-8)9(2)17-13(19)15(5-4-6-15)12(18)16-14(17)20/h7,9H,4-6H2,1-3H3,(H,16,18,20). The second-order valence-electron chi connectivity index (χ2n) is 5.91. The third kappa shape index (κ3) is 1.92. The van der Waals surface area contributed by atoms with Crippen LogP contribution in [0.3, 0.4) is 0 Å². The van der Waals surface area contributed by atoms with Crippen molar-refractivity contribution in [3.63, 3.8) is 0 Å². The van der Waals surface area contributed by atoms with Gasteiger partial charge in [-0.1, -0.05) is 6.42 Å². The lowest BCUT2D eigenvalue weighted by atomic mass is 9.66. The Kier molecular flexibility index (Phi) is 3.16. The van der Waals surface area contributed by atoms with Crippen LogP contribution in [0.5, 0.6) is 0 Å². The van der Waals surface area contributed by atoms with E-state index in [9.17, 15) is 14.4 Å². The summed E-state index contributed by atoms with van der Waals surface area (Å²) in [5, 5.41) is 2.36. The van der Waals surface area contributed by atoms with E-state index >= 15 is 0 Å². The summed E-state index contributed by atoms with van der Waals surface area (Å²) in [7, 11) is 0. The number of aryl methyl sites for hydroxylation is 2. The molecule has 1 N–H and O–H groups in total. The quantitative estimate of drug-likeness (QED) is 0.854. The summed E-state index contributed by atoms with van der Waals surface area (Å²) < 4.78 is 0. The highest BCUT2D eigenvalue weighted by Gasteiger charge is 2.58. The first kappa shape index (κ1) is 14.3. The molecule has 112 valence electrons. The highest BCUT2D eigenvalue weighted by atomic mass is 32.1. The Bertz CT molecular complexity index is 645. The molecule has 0 radical (unpaired) electrons. The molecule has 1 aromatic heterocycles. The van der Waals surface area contributed by atoms with Crippen LogP contribution in [-0.2, 0) is 9.59 Å². The minimum absolute atomic E-state index is 0.335. The maximum Gasteiger partial charge on any atom is 0.331 e. The van der Waals surface area contributed by atoms with Crippen LogP contribution in [-0.4, -0.2) is 22.7 Å². The summed E-state index contributed by atoms with van der Waals surface area (Å²) in [6.45, 7) is 5.83. The van der Waals surface area contributed by atoms with Crippen molar-refractivity contribution < 1.29 is 14.4 Å². The fourth-order valence-corrected chi connectivity index (χ4v) is 4.24. The number of carbonyl (C=O) groups excluding carboxylic acids is 3. The van der Waals surface area contributed by atoms with Crippen molar-refractivity contribution in [1.29, 1.82) is 0 Å². The molecule has 0 bridgehead atoms. The monoisotopic (exact) mass is 306 g/mol. The molecule has 2 aliphatic rings. The number of carbonyl (C=O) groups is 3. The molecule has 0 aromatic carbocycles. The lowest BCUT2D eigenvalue weighted by Gasteiger charge is -2.46. The molecule has 1 saturated carbocycles. The number of hydrogen-bond donors (Lipinski definition) is 1. The third-order valence-electron chi connectivity index (χ3n) is 4.63. The van der Waals surface area contributed by atoms with Crippen LogP contribution in [0, 0.1) is 19.3 Å². The van der Waals surface area contributed by atoms with E-state index in [0.717, 1.165) is 21.7 Å². The van der Waals surface area contributed by atoms with Crippen molar-refractivity contribution in [3.05, 3.63) is 21.4 Å². The number of imide groups is 2. The van der Waals surface area contributed by atoms with Gasteiger partial charge in [-0.15, -0.1) is 11.3 Å². The molecule has 2 fully saturated rings. The van der Waals surface area contributed by atoms with Crippen LogP contribution in [0.1, 0.15) is 47.5 Å². The summed E-state index contributed by atoms with van der Waals surface area (Å²) in [5.41, 5.74) is -0.0222. The van der Waals surface area contributed by atoms with E-state index < -0.39 is 17.4 Å². The second-order valence-corrected chi connectivity index (χ2v) is 7.38. The number of urea groups is 1. The molecule has 5 nitrogen and oxygen atoms in total. The van der Waals surface area contributed by atoms with Gasteiger partial charge < -0.3 is 0 Å². The first-order chi connectivity index (χ1) is 9.86. The maximum absolute atomic E-state index is 12.7. The van der Waals surface area contributed by atoms with Gasteiger partial charge in [-0.05, 0) is 45.2 Å². The molecule has 3 rings (SSSR count). The number of thiophene rings is 1. The van der Waals surface area contributed by atoms with Crippen molar-refractivity contribution in [2.45, 2.75) is 46.1 Å². The van der Waals surface area contributed by atoms with Gasteiger partial charge in [-0.3, -0.25) is 19.8 Å². The van der Waals surface area contributed by atoms with Gasteiger partial charge in [0.1, 0.15) is 5.41 Å². The molecule has 1 aliphatic carbocycles. The third-order valence-corrected chi connectivity index (χ3v) is 5.61. The van der Waals surface area contributed by atoms with E-state index in [4.69, 9.17) is 0 Å². The molecule has 1 aliphatic heterocycles. The number of barbiturate groups is 1. The van der Waals surface area contributed by atoms with E-state index in [0.29, 0.717) is 12.8 Å². The van der Waals surface area contributed by atoms with Crippen molar-refractivity contribution in [2.24, 2.45) is 5.41 Å². The topological polar surface area (TPSA) is 66.5 Å². The SMILES string of the molecule is Cc1cc(C(C)N2C(=O)NC(=O)C3(CCC3)C2=O)c(C)s1. The zero-order valence-corrected chi connectivity index (χ0v) is 13.2. The Hall–Kier alpha value is -1.69. The fraction of sp³-hybridized carbons (Fsp3) is 0.533. The zero-order chi connectivity index (χ0) is 15.4. The molecule has 1 aromatic rings. The molecule has 1 unspecified atom stereocenters. The minimum atomic E-state index is -0.999. The van der Waals surface area contributed by atoms with Crippen LogP contribution in [0.2, 0.25) is 0 Å². The van der Waals surface area contributed by atoms with Gasteiger partial charge in [-0.25, -0.2) is 4.79 Å². The Morgan fingerprint density at radius 1 is 1.29 bits per heavy atom. The Morgan fingerprint density at radius 2 is 1.95 bits per heavy atom. The molecular weight excluding hydrogens is 288 g/mol. The molecule has 4 amide bonds. The predicted molar refractivity (Wildman–Crippen MR) is 78.9 cm³/mol. The minimum Gasteiger partial charge on any atom is -0.277 e. The molecule has 6 heteroatoms.